The molecule has 2 aromatic carbocycles. The van der Waals surface area contributed by atoms with Gasteiger partial charge in [-0.25, -0.2) is 0 Å². The van der Waals surface area contributed by atoms with Gasteiger partial charge in [0.25, 0.3) is 0 Å². The van der Waals surface area contributed by atoms with Crippen molar-refractivity contribution in [2.24, 2.45) is 5.10 Å². The fourth-order valence-corrected chi connectivity index (χ4v) is 2.91. The Labute approximate surface area is 160 Å². The lowest BCUT2D eigenvalue weighted by atomic mass is 10.2. The van der Waals surface area contributed by atoms with Gasteiger partial charge in [0.1, 0.15) is 0 Å². The smallest absolute Gasteiger partial charge is 0.318 e. The molecule has 0 amide bonds. The molecule has 1 heterocycles. The Balaban J connectivity index is 1.77. The van der Waals surface area contributed by atoms with Gasteiger partial charge in [-0.2, -0.15) is 23.5 Å². The average molecular weight is 382 g/mol. The highest BCUT2D eigenvalue weighted by Crippen LogP contribution is 2.29. The predicted octanol–water partition coefficient (Wildman–Crippen LogP) is 5.43. The maximum absolute atomic E-state index is 12.6. The van der Waals surface area contributed by atoms with Gasteiger partial charge in [-0.1, -0.05) is 0 Å². The number of nitrogens with one attached hydrogen (secondary N) is 1. The summed E-state index contributed by atoms with van der Waals surface area (Å²) in [6.07, 6.45) is -2.73. The lowest BCUT2D eigenvalue weighted by Crippen LogP contribution is -2.04. The van der Waals surface area contributed by atoms with E-state index in [0.29, 0.717) is 11.3 Å². The largest absolute Gasteiger partial charge is 0.416 e. The van der Waals surface area contributed by atoms with E-state index in [4.69, 9.17) is 5.26 Å². The minimum atomic E-state index is -4.36. The van der Waals surface area contributed by atoms with E-state index in [9.17, 15) is 13.2 Å². The highest BCUT2D eigenvalue weighted by atomic mass is 19.4. The Morgan fingerprint density at radius 1 is 1.04 bits per heavy atom. The second-order valence-electron chi connectivity index (χ2n) is 6.27. The van der Waals surface area contributed by atoms with Gasteiger partial charge in [-0.05, 0) is 68.4 Å². The van der Waals surface area contributed by atoms with E-state index in [1.54, 1.807) is 18.3 Å². The van der Waals surface area contributed by atoms with Crippen LogP contribution in [-0.2, 0) is 6.18 Å². The number of hydrogen-bond donors (Lipinski definition) is 1. The number of alkyl halides is 3. The molecule has 0 spiro atoms. The van der Waals surface area contributed by atoms with E-state index in [1.807, 2.05) is 36.6 Å². The molecule has 0 aliphatic rings. The molecule has 0 fully saturated rings. The van der Waals surface area contributed by atoms with Crippen LogP contribution < -0.4 is 5.43 Å². The van der Waals surface area contributed by atoms with Crippen molar-refractivity contribution in [1.29, 1.82) is 5.26 Å². The van der Waals surface area contributed by atoms with Gasteiger partial charge in [0.2, 0.25) is 0 Å². The van der Waals surface area contributed by atoms with Crippen LogP contribution in [0.1, 0.15) is 28.1 Å². The molecule has 0 saturated heterocycles. The first kappa shape index (κ1) is 19.2. The number of rotatable bonds is 4. The molecule has 0 unspecified atom stereocenters. The Hall–Kier alpha value is -3.53. The molecule has 0 radical (unpaired) electrons. The molecule has 7 heteroatoms. The van der Waals surface area contributed by atoms with Gasteiger partial charge in [0, 0.05) is 22.6 Å². The fourth-order valence-electron chi connectivity index (χ4n) is 2.91. The molecular formula is C21H17F3N4. The summed E-state index contributed by atoms with van der Waals surface area (Å²) in [6.45, 7) is 3.91. The number of hydrazone groups is 1. The summed E-state index contributed by atoms with van der Waals surface area (Å²) in [5.74, 6) is 0. The van der Waals surface area contributed by atoms with Crippen LogP contribution in [0.4, 0.5) is 18.9 Å². The summed E-state index contributed by atoms with van der Waals surface area (Å²) in [6, 6.07) is 16.0. The second-order valence-corrected chi connectivity index (χ2v) is 6.27. The molecule has 1 aromatic heterocycles. The molecule has 3 aromatic rings. The number of nitriles is 1. The average Bonchev–Trinajstić information content (AvgIpc) is 2.95. The van der Waals surface area contributed by atoms with Crippen LogP contribution in [0, 0.1) is 25.2 Å². The van der Waals surface area contributed by atoms with Crippen LogP contribution in [0.5, 0.6) is 0 Å². The molecule has 0 saturated carbocycles. The number of hydrogen-bond acceptors (Lipinski definition) is 3. The lowest BCUT2D eigenvalue weighted by molar-refractivity contribution is -0.137. The first-order valence-electron chi connectivity index (χ1n) is 8.45. The number of nitrogens with zero attached hydrogens (tertiary/aromatic N) is 3. The van der Waals surface area contributed by atoms with Crippen molar-refractivity contribution in [3.8, 4) is 11.8 Å². The normalized spacial score (nSPS) is 11.6. The summed E-state index contributed by atoms with van der Waals surface area (Å²) < 4.78 is 39.8. The predicted molar refractivity (Wildman–Crippen MR) is 103 cm³/mol. The standard InChI is InChI=1S/C21H17F3N4/c1-14-11-17(15(2)28(14)20-9-3-16(12-25)4-10-20)13-26-27-19-7-5-18(6-8-19)21(22,23)24/h3-11,13,27H,1-2H3/b26-13+. The zero-order valence-corrected chi connectivity index (χ0v) is 15.2. The molecule has 0 aliphatic carbocycles. The molecule has 3 rings (SSSR count). The number of halogens is 3. The van der Waals surface area contributed by atoms with Gasteiger partial charge in [-0.15, -0.1) is 0 Å². The van der Waals surface area contributed by atoms with E-state index in [1.165, 1.54) is 12.1 Å². The molecular weight excluding hydrogens is 365 g/mol. The summed E-state index contributed by atoms with van der Waals surface area (Å²) in [4.78, 5) is 0. The third-order valence-electron chi connectivity index (χ3n) is 4.33. The maximum atomic E-state index is 12.6. The second kappa shape index (κ2) is 7.61. The van der Waals surface area contributed by atoms with E-state index in [-0.39, 0.29) is 0 Å². The van der Waals surface area contributed by atoms with Crippen LogP contribution in [0.25, 0.3) is 5.69 Å². The molecule has 142 valence electrons. The maximum Gasteiger partial charge on any atom is 0.416 e. The van der Waals surface area contributed by atoms with Crippen molar-refractivity contribution in [2.45, 2.75) is 20.0 Å². The van der Waals surface area contributed by atoms with Crippen LogP contribution in [0.2, 0.25) is 0 Å². The third-order valence-corrected chi connectivity index (χ3v) is 4.33. The number of benzene rings is 2. The van der Waals surface area contributed by atoms with Crippen molar-refractivity contribution in [3.63, 3.8) is 0 Å². The van der Waals surface area contributed by atoms with E-state index < -0.39 is 11.7 Å². The van der Waals surface area contributed by atoms with Gasteiger partial charge in [-0.3, -0.25) is 5.43 Å². The minimum Gasteiger partial charge on any atom is -0.318 e. The highest BCUT2D eigenvalue weighted by molar-refractivity contribution is 5.82. The van der Waals surface area contributed by atoms with Gasteiger partial charge in [0.05, 0.1) is 29.1 Å². The van der Waals surface area contributed by atoms with Crippen LogP contribution >= 0.6 is 0 Å². The summed E-state index contributed by atoms with van der Waals surface area (Å²) in [5.41, 5.74) is 6.86. The van der Waals surface area contributed by atoms with Gasteiger partial charge in [0.15, 0.2) is 0 Å². The summed E-state index contributed by atoms with van der Waals surface area (Å²) >= 11 is 0. The Kier molecular flexibility index (Phi) is 5.23. The van der Waals surface area contributed by atoms with Gasteiger partial charge < -0.3 is 4.57 Å². The SMILES string of the molecule is Cc1cc(/C=N/Nc2ccc(C(F)(F)F)cc2)c(C)n1-c1ccc(C#N)cc1. The Bertz CT molecular complexity index is 1040. The van der Waals surface area contributed by atoms with Crippen molar-refractivity contribution >= 4 is 11.9 Å². The zero-order valence-electron chi connectivity index (χ0n) is 15.2. The highest BCUT2D eigenvalue weighted by Gasteiger charge is 2.29. The van der Waals surface area contributed by atoms with Crippen molar-refractivity contribution in [3.05, 3.63) is 82.7 Å². The molecule has 1 N–H and O–H groups in total. The summed E-state index contributed by atoms with van der Waals surface area (Å²) in [5, 5.41) is 13.0. The molecule has 0 bridgehead atoms. The van der Waals surface area contributed by atoms with Crippen molar-refractivity contribution in [1.82, 2.24) is 4.57 Å². The van der Waals surface area contributed by atoms with E-state index >= 15 is 0 Å². The third kappa shape index (κ3) is 4.07. The number of aryl methyl sites for hydroxylation is 1. The topological polar surface area (TPSA) is 53.1 Å². The minimum absolute atomic E-state index is 0.463. The van der Waals surface area contributed by atoms with Crippen molar-refractivity contribution in [2.75, 3.05) is 5.43 Å². The van der Waals surface area contributed by atoms with Crippen LogP contribution in [0.15, 0.2) is 59.7 Å². The van der Waals surface area contributed by atoms with E-state index in [2.05, 4.69) is 16.6 Å². The molecule has 28 heavy (non-hydrogen) atoms. The fraction of sp³-hybridized carbons (Fsp3) is 0.143. The quantitative estimate of drug-likeness (QED) is 0.483. The van der Waals surface area contributed by atoms with E-state index in [0.717, 1.165) is 34.8 Å². The zero-order chi connectivity index (χ0) is 20.3. The number of anilines is 1. The lowest BCUT2D eigenvalue weighted by Gasteiger charge is -2.09. The molecule has 0 atom stereocenters. The summed E-state index contributed by atoms with van der Waals surface area (Å²) in [7, 11) is 0. The van der Waals surface area contributed by atoms with Crippen LogP contribution in [-0.4, -0.2) is 10.8 Å². The van der Waals surface area contributed by atoms with Gasteiger partial charge >= 0.3 is 6.18 Å². The Morgan fingerprint density at radius 3 is 2.25 bits per heavy atom. The molecule has 4 nitrogen and oxygen atoms in total. The monoisotopic (exact) mass is 382 g/mol. The van der Waals surface area contributed by atoms with Crippen LogP contribution in [0.3, 0.4) is 0 Å². The van der Waals surface area contributed by atoms with Crippen molar-refractivity contribution < 1.29 is 13.2 Å². The first-order chi connectivity index (χ1) is 13.3. The first-order valence-corrected chi connectivity index (χ1v) is 8.45. The number of aromatic nitrogens is 1. The Morgan fingerprint density at radius 2 is 1.68 bits per heavy atom. The molecule has 0 aliphatic heterocycles.